The first-order valence-corrected chi connectivity index (χ1v) is 7.53. The van der Waals surface area contributed by atoms with Crippen LogP contribution in [0, 0.1) is 5.82 Å². The fourth-order valence-corrected chi connectivity index (χ4v) is 1.95. The number of nitrogens with one attached hydrogen (secondary N) is 2. The van der Waals surface area contributed by atoms with Crippen LogP contribution >= 0.6 is 0 Å². The Balaban J connectivity index is 1.92. The van der Waals surface area contributed by atoms with Crippen LogP contribution in [0.3, 0.4) is 0 Å². The number of carbonyl (C=O) groups is 1. The summed E-state index contributed by atoms with van der Waals surface area (Å²) in [6, 6.07) is 5.46. The van der Waals surface area contributed by atoms with Gasteiger partial charge in [-0.2, -0.15) is 0 Å². The zero-order chi connectivity index (χ0) is 15.2. The fraction of sp³-hybridized carbons (Fsp3) is 0.562. The molecule has 0 spiro atoms. The highest BCUT2D eigenvalue weighted by molar-refractivity contribution is 5.77. The van der Waals surface area contributed by atoms with Crippen molar-refractivity contribution in [2.75, 3.05) is 6.61 Å². The van der Waals surface area contributed by atoms with Crippen LogP contribution in [0.2, 0.25) is 0 Å². The number of carbonyl (C=O) groups excluding carboxylic acids is 1. The number of hydrogen-bond donors (Lipinski definition) is 2. The van der Waals surface area contributed by atoms with Gasteiger partial charge in [-0.05, 0) is 32.3 Å². The minimum atomic E-state index is -0.429. The molecule has 1 amide bonds. The second kappa shape index (κ2) is 7.41. The van der Waals surface area contributed by atoms with Crippen molar-refractivity contribution in [1.82, 2.24) is 10.6 Å². The molecule has 21 heavy (non-hydrogen) atoms. The molecule has 1 aliphatic carbocycles. The van der Waals surface area contributed by atoms with Gasteiger partial charge in [-0.25, -0.2) is 4.39 Å². The molecule has 1 aromatic carbocycles. The zero-order valence-electron chi connectivity index (χ0n) is 12.6. The number of hydrogen-bond acceptors (Lipinski definition) is 3. The molecule has 1 aliphatic rings. The third-order valence-electron chi connectivity index (χ3n) is 3.57. The second-order valence-electron chi connectivity index (χ2n) is 5.55. The van der Waals surface area contributed by atoms with E-state index in [1.807, 2.05) is 19.9 Å². The first kappa shape index (κ1) is 15.8. The predicted octanol–water partition coefficient (Wildman–Crippen LogP) is 2.37. The van der Waals surface area contributed by atoms with Gasteiger partial charge in [0.25, 0.3) is 5.91 Å². The Labute approximate surface area is 125 Å². The molecule has 4 nitrogen and oxygen atoms in total. The summed E-state index contributed by atoms with van der Waals surface area (Å²) in [5.41, 5.74) is 0.748. The summed E-state index contributed by atoms with van der Waals surface area (Å²) in [6.07, 6.45) is 3.19. The molecule has 0 saturated heterocycles. The van der Waals surface area contributed by atoms with Gasteiger partial charge >= 0.3 is 0 Å². The van der Waals surface area contributed by atoms with Gasteiger partial charge in [0.1, 0.15) is 0 Å². The molecular weight excluding hydrogens is 271 g/mol. The Bertz CT molecular complexity index is 489. The summed E-state index contributed by atoms with van der Waals surface area (Å²) in [7, 11) is 0. The third kappa shape index (κ3) is 5.01. The summed E-state index contributed by atoms with van der Waals surface area (Å²) >= 11 is 0. The minimum absolute atomic E-state index is 0.0951. The summed E-state index contributed by atoms with van der Waals surface area (Å²) in [5, 5.41) is 6.12. The number of amides is 1. The van der Waals surface area contributed by atoms with E-state index in [4.69, 9.17) is 4.74 Å². The first-order valence-electron chi connectivity index (χ1n) is 7.53. The van der Waals surface area contributed by atoms with Gasteiger partial charge in [-0.3, -0.25) is 4.79 Å². The molecule has 2 N–H and O–H groups in total. The number of ether oxygens (including phenoxy) is 1. The van der Waals surface area contributed by atoms with Crippen LogP contribution in [0.4, 0.5) is 4.39 Å². The maximum Gasteiger partial charge on any atom is 0.258 e. The van der Waals surface area contributed by atoms with Crippen LogP contribution in [0.25, 0.3) is 0 Å². The van der Waals surface area contributed by atoms with E-state index in [0.717, 1.165) is 12.0 Å². The van der Waals surface area contributed by atoms with E-state index < -0.39 is 5.82 Å². The molecule has 1 atom stereocenters. The standard InChI is InChI=1S/C16H23FN2O2/c1-3-11(2)19-15(20)10-21-16-12(5-4-6-14(16)17)9-18-13-7-8-13/h4-6,11,13,18H,3,7-10H2,1-2H3,(H,19,20). The maximum absolute atomic E-state index is 13.9. The van der Waals surface area contributed by atoms with Crippen LogP contribution < -0.4 is 15.4 Å². The Morgan fingerprint density at radius 3 is 2.90 bits per heavy atom. The van der Waals surface area contributed by atoms with Crippen molar-refractivity contribution >= 4 is 5.91 Å². The quantitative estimate of drug-likeness (QED) is 0.774. The van der Waals surface area contributed by atoms with Crippen molar-refractivity contribution in [3.63, 3.8) is 0 Å². The summed E-state index contributed by atoms with van der Waals surface area (Å²) < 4.78 is 19.3. The van der Waals surface area contributed by atoms with Gasteiger partial charge < -0.3 is 15.4 Å². The Morgan fingerprint density at radius 1 is 1.48 bits per heavy atom. The number of rotatable bonds is 8. The van der Waals surface area contributed by atoms with Crippen molar-refractivity contribution in [1.29, 1.82) is 0 Å². The lowest BCUT2D eigenvalue weighted by atomic mass is 10.2. The summed E-state index contributed by atoms with van der Waals surface area (Å²) in [6.45, 7) is 4.31. The predicted molar refractivity (Wildman–Crippen MR) is 79.7 cm³/mol. The molecule has 0 bridgehead atoms. The van der Waals surface area contributed by atoms with Crippen LogP contribution in [0.5, 0.6) is 5.75 Å². The van der Waals surface area contributed by atoms with E-state index in [1.54, 1.807) is 6.07 Å². The van der Waals surface area contributed by atoms with Crippen LogP contribution in [-0.4, -0.2) is 24.6 Å². The van der Waals surface area contributed by atoms with E-state index in [-0.39, 0.29) is 24.3 Å². The molecule has 0 aromatic heterocycles. The lowest BCUT2D eigenvalue weighted by molar-refractivity contribution is -0.123. The smallest absolute Gasteiger partial charge is 0.258 e. The van der Waals surface area contributed by atoms with Crippen molar-refractivity contribution in [2.45, 2.75) is 51.7 Å². The van der Waals surface area contributed by atoms with E-state index in [0.29, 0.717) is 12.6 Å². The van der Waals surface area contributed by atoms with Crippen LogP contribution in [0.15, 0.2) is 18.2 Å². The van der Waals surface area contributed by atoms with Gasteiger partial charge in [0.05, 0.1) is 0 Å². The molecule has 0 radical (unpaired) electrons. The monoisotopic (exact) mass is 294 g/mol. The van der Waals surface area contributed by atoms with Gasteiger partial charge in [-0.15, -0.1) is 0 Å². The van der Waals surface area contributed by atoms with Crippen molar-refractivity contribution < 1.29 is 13.9 Å². The van der Waals surface area contributed by atoms with E-state index >= 15 is 0 Å². The average molecular weight is 294 g/mol. The third-order valence-corrected chi connectivity index (χ3v) is 3.57. The Hall–Kier alpha value is -1.62. The molecule has 1 fully saturated rings. The summed E-state index contributed by atoms with van der Waals surface area (Å²) in [4.78, 5) is 11.7. The van der Waals surface area contributed by atoms with Crippen molar-refractivity contribution in [2.24, 2.45) is 0 Å². The number of halogens is 1. The normalized spacial score (nSPS) is 15.6. The zero-order valence-corrected chi connectivity index (χ0v) is 12.6. The molecule has 116 valence electrons. The lowest BCUT2D eigenvalue weighted by Crippen LogP contribution is -2.35. The SMILES string of the molecule is CCC(C)NC(=O)COc1c(F)cccc1CNC1CC1. The van der Waals surface area contributed by atoms with Crippen molar-refractivity contribution in [3.05, 3.63) is 29.6 Å². The number of para-hydroxylation sites is 1. The van der Waals surface area contributed by atoms with Crippen LogP contribution in [-0.2, 0) is 11.3 Å². The topological polar surface area (TPSA) is 50.4 Å². The molecule has 1 aromatic rings. The fourth-order valence-electron chi connectivity index (χ4n) is 1.95. The molecule has 5 heteroatoms. The van der Waals surface area contributed by atoms with Crippen molar-refractivity contribution in [3.8, 4) is 5.75 Å². The second-order valence-corrected chi connectivity index (χ2v) is 5.55. The van der Waals surface area contributed by atoms with Gasteiger partial charge in [0, 0.05) is 24.2 Å². The molecule has 2 rings (SSSR count). The highest BCUT2D eigenvalue weighted by atomic mass is 19.1. The average Bonchev–Trinajstić information content (AvgIpc) is 3.28. The van der Waals surface area contributed by atoms with Gasteiger partial charge in [-0.1, -0.05) is 19.1 Å². The first-order chi connectivity index (χ1) is 10.1. The van der Waals surface area contributed by atoms with E-state index in [1.165, 1.54) is 18.9 Å². The number of benzene rings is 1. The summed E-state index contributed by atoms with van der Waals surface area (Å²) in [5.74, 6) is -0.486. The molecular formula is C16H23FN2O2. The van der Waals surface area contributed by atoms with Crippen LogP contribution in [0.1, 0.15) is 38.7 Å². The largest absolute Gasteiger partial charge is 0.480 e. The molecule has 0 heterocycles. The highest BCUT2D eigenvalue weighted by Gasteiger charge is 2.21. The molecule has 1 unspecified atom stereocenters. The minimum Gasteiger partial charge on any atom is -0.480 e. The van der Waals surface area contributed by atoms with E-state index in [2.05, 4.69) is 10.6 Å². The maximum atomic E-state index is 13.9. The van der Waals surface area contributed by atoms with Gasteiger partial charge in [0.2, 0.25) is 0 Å². The Morgan fingerprint density at radius 2 is 2.24 bits per heavy atom. The van der Waals surface area contributed by atoms with Gasteiger partial charge in [0.15, 0.2) is 18.2 Å². The molecule has 1 saturated carbocycles. The molecule has 0 aliphatic heterocycles. The van der Waals surface area contributed by atoms with E-state index in [9.17, 15) is 9.18 Å². The Kier molecular flexibility index (Phi) is 5.56. The lowest BCUT2D eigenvalue weighted by Gasteiger charge is -2.15. The highest BCUT2D eigenvalue weighted by Crippen LogP contribution is 2.25.